The minimum Gasteiger partial charge on any atom is -0.493 e. The minimum absolute atomic E-state index is 0.163. The quantitative estimate of drug-likeness (QED) is 0.414. The molecule has 5 rings (SSSR count). The van der Waals surface area contributed by atoms with Crippen molar-refractivity contribution in [1.29, 1.82) is 0 Å². The molecule has 0 aliphatic carbocycles. The van der Waals surface area contributed by atoms with Crippen LogP contribution < -0.4 is 18.9 Å². The van der Waals surface area contributed by atoms with Crippen LogP contribution in [-0.2, 0) is 13.0 Å². The smallest absolute Gasteiger partial charge is 0.231 e. The molecule has 2 aliphatic heterocycles. The van der Waals surface area contributed by atoms with Crippen molar-refractivity contribution in [3.05, 3.63) is 87.1 Å². The Hall–Kier alpha value is -3.48. The van der Waals surface area contributed by atoms with Crippen LogP contribution in [-0.4, -0.2) is 38.2 Å². The number of allylic oxidation sites excluding steroid dienone is 1. The molecule has 35 heavy (non-hydrogen) atoms. The molecule has 0 aromatic heterocycles. The Kier molecular flexibility index (Phi) is 6.41. The zero-order chi connectivity index (χ0) is 24.5. The Morgan fingerprint density at radius 1 is 1.09 bits per heavy atom. The lowest BCUT2D eigenvalue weighted by Crippen LogP contribution is -2.34. The molecule has 0 fully saturated rings. The first-order chi connectivity index (χ1) is 17.0. The Labute approximate surface area is 209 Å². The third-order valence-corrected chi connectivity index (χ3v) is 6.75. The minimum atomic E-state index is -0.163. The topological polar surface area (TPSA) is 57.2 Å². The summed E-state index contributed by atoms with van der Waals surface area (Å²) in [6.07, 6.45) is 2.51. The van der Waals surface area contributed by atoms with Gasteiger partial charge in [0, 0.05) is 34.8 Å². The Morgan fingerprint density at radius 2 is 1.91 bits per heavy atom. The number of benzene rings is 3. The summed E-state index contributed by atoms with van der Waals surface area (Å²) in [5.41, 5.74) is 4.16. The fourth-order valence-electron chi connectivity index (χ4n) is 4.59. The molecular formula is C28H26ClNO5. The summed E-state index contributed by atoms with van der Waals surface area (Å²) in [7, 11) is 3.15. The van der Waals surface area contributed by atoms with Gasteiger partial charge in [-0.15, -0.1) is 0 Å². The number of rotatable bonds is 6. The first-order valence-electron chi connectivity index (χ1n) is 11.4. The van der Waals surface area contributed by atoms with E-state index in [-0.39, 0.29) is 11.5 Å². The first kappa shape index (κ1) is 23.3. The zero-order valence-corrected chi connectivity index (χ0v) is 20.6. The molecule has 3 aromatic rings. The van der Waals surface area contributed by atoms with Gasteiger partial charge in [0.15, 0.2) is 17.3 Å². The average molecular weight is 492 g/mol. The van der Waals surface area contributed by atoms with Crippen molar-refractivity contribution in [2.75, 3.05) is 27.5 Å². The summed E-state index contributed by atoms with van der Waals surface area (Å²) in [5, 5.41) is 0.772. The summed E-state index contributed by atoms with van der Waals surface area (Å²) >= 11 is 6.31. The maximum atomic E-state index is 13.3. The number of ketones is 1. The summed E-state index contributed by atoms with van der Waals surface area (Å²) < 4.78 is 23.0. The van der Waals surface area contributed by atoms with Gasteiger partial charge in [-0.3, -0.25) is 9.69 Å². The lowest BCUT2D eigenvalue weighted by atomic mass is 9.99. The Morgan fingerprint density at radius 3 is 2.69 bits per heavy atom. The van der Waals surface area contributed by atoms with Crippen molar-refractivity contribution in [3.63, 3.8) is 0 Å². The number of Topliss-reactive ketones (excluding diaryl/α,β-unsaturated/α-hetero) is 1. The number of methoxy groups -OCH3 is 2. The molecule has 0 saturated heterocycles. The van der Waals surface area contributed by atoms with Crippen molar-refractivity contribution in [2.24, 2.45) is 0 Å². The maximum absolute atomic E-state index is 13.3. The maximum Gasteiger partial charge on any atom is 0.231 e. The first-order valence-corrected chi connectivity index (χ1v) is 11.8. The van der Waals surface area contributed by atoms with E-state index in [0.717, 1.165) is 40.4 Å². The van der Waals surface area contributed by atoms with E-state index in [2.05, 4.69) is 4.90 Å². The van der Waals surface area contributed by atoms with Crippen molar-refractivity contribution < 1.29 is 23.7 Å². The fourth-order valence-corrected chi connectivity index (χ4v) is 4.82. The van der Waals surface area contributed by atoms with Crippen molar-refractivity contribution in [3.8, 4) is 23.0 Å². The monoisotopic (exact) mass is 491 g/mol. The molecule has 0 bridgehead atoms. The normalized spacial score (nSPS) is 15.9. The lowest BCUT2D eigenvalue weighted by Gasteiger charge is -2.30. The van der Waals surface area contributed by atoms with E-state index in [4.69, 9.17) is 30.5 Å². The molecule has 0 unspecified atom stereocenters. The molecule has 0 atom stereocenters. The molecule has 2 heterocycles. The van der Waals surface area contributed by atoms with Crippen molar-refractivity contribution >= 4 is 23.5 Å². The molecule has 6 nitrogen and oxygen atoms in total. The molecule has 0 amide bonds. The number of ether oxygens (including phenoxy) is 4. The number of para-hydroxylation sites is 1. The van der Waals surface area contributed by atoms with Gasteiger partial charge in [0.2, 0.25) is 5.78 Å². The van der Waals surface area contributed by atoms with Gasteiger partial charge < -0.3 is 18.9 Å². The highest BCUT2D eigenvalue weighted by Crippen LogP contribution is 2.44. The van der Waals surface area contributed by atoms with E-state index < -0.39 is 0 Å². The van der Waals surface area contributed by atoms with E-state index in [1.165, 1.54) is 0 Å². The molecule has 2 aliphatic rings. The predicted molar refractivity (Wildman–Crippen MR) is 135 cm³/mol. The highest BCUT2D eigenvalue weighted by molar-refractivity contribution is 6.31. The van der Waals surface area contributed by atoms with Crippen LogP contribution >= 0.6 is 11.6 Å². The number of hydrogen-bond donors (Lipinski definition) is 0. The largest absolute Gasteiger partial charge is 0.493 e. The second-order valence-electron chi connectivity index (χ2n) is 8.56. The summed E-state index contributed by atoms with van der Waals surface area (Å²) in [4.78, 5) is 15.5. The lowest BCUT2D eigenvalue weighted by molar-refractivity contribution is 0.0954. The number of nitrogens with zero attached hydrogens (tertiary/aromatic N) is 1. The SMILES string of the molecule is COc1cccc(/C=C2\Oc3c(cc4c(c3C)OCN(CCc3ccccc3Cl)C4)C2=O)c1OC. The van der Waals surface area contributed by atoms with Gasteiger partial charge in [-0.2, -0.15) is 0 Å². The summed E-state index contributed by atoms with van der Waals surface area (Å²) in [5.74, 6) is 2.54. The van der Waals surface area contributed by atoms with Gasteiger partial charge in [-0.1, -0.05) is 41.9 Å². The van der Waals surface area contributed by atoms with Crippen LogP contribution in [0.15, 0.2) is 54.3 Å². The second kappa shape index (κ2) is 9.64. The van der Waals surface area contributed by atoms with E-state index in [9.17, 15) is 4.79 Å². The third kappa shape index (κ3) is 4.35. The van der Waals surface area contributed by atoms with Crippen LogP contribution in [0.5, 0.6) is 23.0 Å². The van der Waals surface area contributed by atoms with E-state index in [0.29, 0.717) is 41.7 Å². The van der Waals surface area contributed by atoms with E-state index >= 15 is 0 Å². The Balaban J connectivity index is 1.39. The van der Waals surface area contributed by atoms with Crippen molar-refractivity contribution in [1.82, 2.24) is 4.90 Å². The van der Waals surface area contributed by atoms with Crippen molar-refractivity contribution in [2.45, 2.75) is 19.9 Å². The molecule has 0 N–H and O–H groups in total. The van der Waals surface area contributed by atoms with Gasteiger partial charge in [0.25, 0.3) is 0 Å². The summed E-state index contributed by atoms with van der Waals surface area (Å²) in [6, 6.07) is 15.3. The van der Waals surface area contributed by atoms with Crippen LogP contribution in [0, 0.1) is 6.92 Å². The highest BCUT2D eigenvalue weighted by atomic mass is 35.5. The number of hydrogen-bond acceptors (Lipinski definition) is 6. The number of fused-ring (bicyclic) bond motifs is 2. The van der Waals surface area contributed by atoms with E-state index in [1.54, 1.807) is 26.4 Å². The molecular weight excluding hydrogens is 466 g/mol. The summed E-state index contributed by atoms with van der Waals surface area (Å²) in [6.45, 7) is 3.88. The van der Waals surface area contributed by atoms with Crippen LogP contribution in [0.25, 0.3) is 6.08 Å². The highest BCUT2D eigenvalue weighted by Gasteiger charge is 2.34. The fraction of sp³-hybridized carbons (Fsp3) is 0.250. The average Bonchev–Trinajstić information content (AvgIpc) is 3.18. The van der Waals surface area contributed by atoms with Gasteiger partial charge in [0.05, 0.1) is 19.8 Å². The molecule has 0 spiro atoms. The van der Waals surface area contributed by atoms with Crippen LogP contribution in [0.2, 0.25) is 5.02 Å². The number of halogens is 1. The number of carbonyl (C=O) groups excluding carboxylic acids is 1. The Bertz CT molecular complexity index is 1330. The predicted octanol–water partition coefficient (Wildman–Crippen LogP) is 5.68. The standard InChI is InChI=1S/C28H26ClNO5/c1-17-26-20(15-30(16-34-26)12-11-18-7-4-5-9-22(18)29)13-21-25(31)24(35-27(17)21)14-19-8-6-10-23(32-2)28(19)33-3/h4-10,13-14H,11-12,15-16H2,1-3H3/b24-14-. The van der Waals surface area contributed by atoms with Gasteiger partial charge in [0.1, 0.15) is 18.2 Å². The van der Waals surface area contributed by atoms with E-state index in [1.807, 2.05) is 49.4 Å². The molecule has 0 radical (unpaired) electrons. The van der Waals surface area contributed by atoms with Crippen LogP contribution in [0.1, 0.15) is 32.6 Å². The zero-order valence-electron chi connectivity index (χ0n) is 19.9. The molecule has 3 aromatic carbocycles. The second-order valence-corrected chi connectivity index (χ2v) is 8.96. The molecule has 180 valence electrons. The van der Waals surface area contributed by atoms with Gasteiger partial charge >= 0.3 is 0 Å². The van der Waals surface area contributed by atoms with Gasteiger partial charge in [-0.25, -0.2) is 0 Å². The molecule has 7 heteroatoms. The number of carbonyl (C=O) groups is 1. The third-order valence-electron chi connectivity index (χ3n) is 6.38. The van der Waals surface area contributed by atoms with Crippen LogP contribution in [0.4, 0.5) is 0 Å². The molecule has 0 saturated carbocycles. The van der Waals surface area contributed by atoms with Crippen LogP contribution in [0.3, 0.4) is 0 Å². The van der Waals surface area contributed by atoms with Gasteiger partial charge in [-0.05, 0) is 43.2 Å².